The van der Waals surface area contributed by atoms with Gasteiger partial charge < -0.3 is 14.2 Å². The van der Waals surface area contributed by atoms with Gasteiger partial charge in [-0.3, -0.25) is 0 Å². The van der Waals surface area contributed by atoms with E-state index in [0.29, 0.717) is 23.7 Å². The Morgan fingerprint density at radius 3 is 2.60 bits per heavy atom. The molecule has 0 N–H and O–H groups in total. The quantitative estimate of drug-likeness (QED) is 0.801. The standard InChI is InChI=1S/C16H14O4/c1-18-13-7-8-14(15-12(13)10-20-16(15)17)19-9-11-5-3-2-4-6-11/h2-8H,9-10H2,1H3. The zero-order valence-corrected chi connectivity index (χ0v) is 11.1. The molecule has 4 heteroatoms. The van der Waals surface area contributed by atoms with Crippen molar-refractivity contribution in [2.24, 2.45) is 0 Å². The highest BCUT2D eigenvalue weighted by atomic mass is 16.5. The molecule has 102 valence electrons. The van der Waals surface area contributed by atoms with Gasteiger partial charge in [-0.15, -0.1) is 0 Å². The highest BCUT2D eigenvalue weighted by Gasteiger charge is 2.29. The summed E-state index contributed by atoms with van der Waals surface area (Å²) < 4.78 is 16.0. The average Bonchev–Trinajstić information content (AvgIpc) is 2.89. The maximum atomic E-state index is 11.8. The smallest absolute Gasteiger partial charge is 0.342 e. The lowest BCUT2D eigenvalue weighted by Crippen LogP contribution is -2.03. The summed E-state index contributed by atoms with van der Waals surface area (Å²) in [5.41, 5.74) is 2.27. The molecule has 0 atom stereocenters. The van der Waals surface area contributed by atoms with Crippen molar-refractivity contribution < 1.29 is 19.0 Å². The van der Waals surface area contributed by atoms with Gasteiger partial charge in [-0.05, 0) is 17.7 Å². The van der Waals surface area contributed by atoms with Gasteiger partial charge >= 0.3 is 5.97 Å². The first-order chi connectivity index (χ1) is 9.79. The number of methoxy groups -OCH3 is 1. The van der Waals surface area contributed by atoms with E-state index < -0.39 is 0 Å². The Labute approximate surface area is 116 Å². The number of esters is 1. The van der Waals surface area contributed by atoms with Gasteiger partial charge in [-0.25, -0.2) is 4.79 Å². The van der Waals surface area contributed by atoms with Crippen molar-refractivity contribution in [3.63, 3.8) is 0 Å². The van der Waals surface area contributed by atoms with Gasteiger partial charge in [0, 0.05) is 5.56 Å². The number of rotatable bonds is 4. The Hall–Kier alpha value is -2.49. The number of carbonyl (C=O) groups excluding carboxylic acids is 1. The van der Waals surface area contributed by atoms with E-state index in [1.165, 1.54) is 0 Å². The fourth-order valence-corrected chi connectivity index (χ4v) is 2.23. The first-order valence-electron chi connectivity index (χ1n) is 6.33. The van der Waals surface area contributed by atoms with Crippen molar-refractivity contribution in [2.75, 3.05) is 7.11 Å². The van der Waals surface area contributed by atoms with E-state index in [0.717, 1.165) is 11.1 Å². The summed E-state index contributed by atoms with van der Waals surface area (Å²) in [4.78, 5) is 11.8. The normalized spacial score (nSPS) is 12.8. The fraction of sp³-hybridized carbons (Fsp3) is 0.188. The average molecular weight is 270 g/mol. The molecule has 0 amide bonds. The largest absolute Gasteiger partial charge is 0.496 e. The zero-order valence-electron chi connectivity index (χ0n) is 11.1. The number of hydrogen-bond donors (Lipinski definition) is 0. The molecular formula is C16H14O4. The number of benzene rings is 2. The lowest BCUT2D eigenvalue weighted by molar-refractivity contribution is 0.0531. The Bertz CT molecular complexity index is 634. The van der Waals surface area contributed by atoms with E-state index >= 15 is 0 Å². The molecule has 20 heavy (non-hydrogen) atoms. The third-order valence-electron chi connectivity index (χ3n) is 3.24. The highest BCUT2D eigenvalue weighted by molar-refractivity contribution is 5.97. The van der Waals surface area contributed by atoms with Crippen molar-refractivity contribution >= 4 is 5.97 Å². The van der Waals surface area contributed by atoms with Gasteiger partial charge in [0.15, 0.2) is 0 Å². The Morgan fingerprint density at radius 1 is 1.10 bits per heavy atom. The van der Waals surface area contributed by atoms with Crippen LogP contribution >= 0.6 is 0 Å². The third kappa shape index (κ3) is 2.20. The maximum Gasteiger partial charge on any atom is 0.342 e. The first kappa shape index (κ1) is 12.5. The van der Waals surface area contributed by atoms with Crippen LogP contribution in [0.3, 0.4) is 0 Å². The molecule has 0 saturated carbocycles. The third-order valence-corrected chi connectivity index (χ3v) is 3.24. The summed E-state index contributed by atoms with van der Waals surface area (Å²) in [6.45, 7) is 0.646. The van der Waals surface area contributed by atoms with E-state index in [4.69, 9.17) is 14.2 Å². The first-order valence-corrected chi connectivity index (χ1v) is 6.33. The van der Waals surface area contributed by atoms with Crippen molar-refractivity contribution in [2.45, 2.75) is 13.2 Å². The fourth-order valence-electron chi connectivity index (χ4n) is 2.23. The second-order valence-electron chi connectivity index (χ2n) is 4.47. The summed E-state index contributed by atoms with van der Waals surface area (Å²) in [6, 6.07) is 13.3. The summed E-state index contributed by atoms with van der Waals surface area (Å²) in [5, 5.41) is 0. The maximum absolute atomic E-state index is 11.8. The van der Waals surface area contributed by atoms with Crippen LogP contribution in [-0.2, 0) is 18.0 Å². The van der Waals surface area contributed by atoms with Crippen LogP contribution in [0.25, 0.3) is 0 Å². The SMILES string of the molecule is COc1ccc(OCc2ccccc2)c2c1COC2=O. The van der Waals surface area contributed by atoms with Crippen molar-refractivity contribution in [3.05, 3.63) is 59.2 Å². The predicted octanol–water partition coefficient (Wildman–Crippen LogP) is 2.94. The molecule has 0 saturated heterocycles. The monoisotopic (exact) mass is 270 g/mol. The molecule has 0 unspecified atom stereocenters. The molecular weight excluding hydrogens is 256 g/mol. The van der Waals surface area contributed by atoms with E-state index in [1.807, 2.05) is 30.3 Å². The molecule has 2 aromatic rings. The lowest BCUT2D eigenvalue weighted by Gasteiger charge is -2.11. The zero-order chi connectivity index (χ0) is 13.9. The van der Waals surface area contributed by atoms with Crippen molar-refractivity contribution in [1.29, 1.82) is 0 Å². The molecule has 1 heterocycles. The Kier molecular flexibility index (Phi) is 3.29. The number of fused-ring (bicyclic) bond motifs is 1. The summed E-state index contributed by atoms with van der Waals surface area (Å²) >= 11 is 0. The van der Waals surface area contributed by atoms with Gasteiger partial charge in [-0.1, -0.05) is 30.3 Å². The van der Waals surface area contributed by atoms with E-state index in [9.17, 15) is 4.79 Å². The second-order valence-corrected chi connectivity index (χ2v) is 4.47. The second kappa shape index (κ2) is 5.25. The Morgan fingerprint density at radius 2 is 1.85 bits per heavy atom. The minimum Gasteiger partial charge on any atom is -0.496 e. The molecule has 0 spiro atoms. The van der Waals surface area contributed by atoms with Crippen LogP contribution in [0, 0.1) is 0 Å². The molecule has 4 nitrogen and oxygen atoms in total. The van der Waals surface area contributed by atoms with Crippen molar-refractivity contribution in [1.82, 2.24) is 0 Å². The van der Waals surface area contributed by atoms with E-state index in [2.05, 4.69) is 0 Å². The molecule has 0 aromatic heterocycles. The molecule has 3 rings (SSSR count). The van der Waals surface area contributed by atoms with Gasteiger partial charge in [0.1, 0.15) is 30.3 Å². The highest BCUT2D eigenvalue weighted by Crippen LogP contribution is 2.36. The van der Waals surface area contributed by atoms with E-state index in [-0.39, 0.29) is 12.6 Å². The van der Waals surface area contributed by atoms with E-state index in [1.54, 1.807) is 19.2 Å². The summed E-state index contributed by atoms with van der Waals surface area (Å²) in [7, 11) is 1.57. The van der Waals surface area contributed by atoms with Crippen LogP contribution in [-0.4, -0.2) is 13.1 Å². The minimum atomic E-state index is -0.359. The number of hydrogen-bond acceptors (Lipinski definition) is 4. The van der Waals surface area contributed by atoms with Crippen LogP contribution in [0.5, 0.6) is 11.5 Å². The van der Waals surface area contributed by atoms with Crippen LogP contribution in [0.4, 0.5) is 0 Å². The van der Waals surface area contributed by atoms with Crippen LogP contribution in [0.1, 0.15) is 21.5 Å². The number of cyclic esters (lactones) is 1. The molecule has 0 fully saturated rings. The molecule has 1 aliphatic rings. The topological polar surface area (TPSA) is 44.8 Å². The van der Waals surface area contributed by atoms with Crippen LogP contribution in [0.2, 0.25) is 0 Å². The number of carbonyl (C=O) groups is 1. The van der Waals surface area contributed by atoms with Crippen molar-refractivity contribution in [3.8, 4) is 11.5 Å². The summed E-state index contributed by atoms with van der Waals surface area (Å²) in [6.07, 6.45) is 0. The molecule has 0 radical (unpaired) electrons. The van der Waals surface area contributed by atoms with Gasteiger partial charge in [0.05, 0.1) is 7.11 Å². The molecule has 0 bridgehead atoms. The molecule has 1 aliphatic heterocycles. The Balaban J connectivity index is 1.88. The lowest BCUT2D eigenvalue weighted by atomic mass is 10.1. The van der Waals surface area contributed by atoms with Crippen LogP contribution in [0.15, 0.2) is 42.5 Å². The number of ether oxygens (including phenoxy) is 3. The summed E-state index contributed by atoms with van der Waals surface area (Å²) in [5.74, 6) is 0.826. The van der Waals surface area contributed by atoms with Crippen LogP contribution < -0.4 is 9.47 Å². The molecule has 2 aromatic carbocycles. The minimum absolute atomic E-state index is 0.236. The van der Waals surface area contributed by atoms with Gasteiger partial charge in [-0.2, -0.15) is 0 Å². The molecule has 0 aliphatic carbocycles. The van der Waals surface area contributed by atoms with Gasteiger partial charge in [0.2, 0.25) is 0 Å². The van der Waals surface area contributed by atoms with Gasteiger partial charge in [0.25, 0.3) is 0 Å². The predicted molar refractivity (Wildman–Crippen MR) is 72.9 cm³/mol.